The molecule has 0 aromatic carbocycles. The predicted molar refractivity (Wildman–Crippen MR) is 78.3 cm³/mol. The first-order chi connectivity index (χ1) is 9.61. The fourth-order valence-corrected chi connectivity index (χ4v) is 2.59. The summed E-state index contributed by atoms with van der Waals surface area (Å²) in [4.78, 5) is 2.40. The molecular weight excluding hydrogens is 254 g/mol. The Morgan fingerprint density at radius 2 is 2.15 bits per heavy atom. The molecule has 0 saturated carbocycles. The lowest BCUT2D eigenvalue weighted by molar-refractivity contribution is 0.136. The van der Waals surface area contributed by atoms with Crippen molar-refractivity contribution in [2.75, 3.05) is 33.3 Å². The molecule has 1 aliphatic heterocycles. The van der Waals surface area contributed by atoms with E-state index < -0.39 is 0 Å². The summed E-state index contributed by atoms with van der Waals surface area (Å²) in [6, 6.07) is 0. The lowest BCUT2D eigenvalue weighted by Gasteiger charge is -2.38. The Morgan fingerprint density at radius 1 is 1.40 bits per heavy atom. The van der Waals surface area contributed by atoms with Gasteiger partial charge in [0.05, 0.1) is 5.69 Å². The monoisotopic (exact) mass is 281 g/mol. The number of aromatic nitrogens is 3. The van der Waals surface area contributed by atoms with Gasteiger partial charge in [-0.05, 0) is 44.8 Å². The van der Waals surface area contributed by atoms with Crippen molar-refractivity contribution in [3.8, 4) is 0 Å². The molecule has 0 spiro atoms. The first-order valence-electron chi connectivity index (χ1n) is 7.50. The molecule has 0 atom stereocenters. The first-order valence-corrected chi connectivity index (χ1v) is 7.50. The highest BCUT2D eigenvalue weighted by molar-refractivity contribution is 4.92. The molecule has 0 amide bonds. The quantitative estimate of drug-likeness (QED) is 0.761. The second-order valence-corrected chi connectivity index (χ2v) is 6.27. The third-order valence-electron chi connectivity index (χ3n) is 4.18. The average molecular weight is 281 g/mol. The van der Waals surface area contributed by atoms with E-state index in [0.717, 1.165) is 31.7 Å². The number of aryl methyl sites for hydroxylation is 1. The van der Waals surface area contributed by atoms with Crippen LogP contribution in [0.15, 0.2) is 6.20 Å². The van der Waals surface area contributed by atoms with Crippen LogP contribution in [0.4, 0.5) is 0 Å². The number of rotatable bonds is 7. The Hall–Kier alpha value is -0.980. The minimum absolute atomic E-state index is 0.195. The van der Waals surface area contributed by atoms with Gasteiger partial charge in [-0.3, -0.25) is 4.68 Å². The Morgan fingerprint density at radius 3 is 2.85 bits per heavy atom. The third-order valence-corrected chi connectivity index (χ3v) is 4.18. The van der Waals surface area contributed by atoms with Gasteiger partial charge in [0.25, 0.3) is 0 Å². The Bertz CT molecular complexity index is 398. The minimum atomic E-state index is 0.195. The van der Waals surface area contributed by atoms with Crippen LogP contribution in [-0.4, -0.2) is 58.3 Å². The van der Waals surface area contributed by atoms with E-state index in [9.17, 15) is 0 Å². The van der Waals surface area contributed by atoms with Crippen LogP contribution in [0.3, 0.4) is 0 Å². The van der Waals surface area contributed by atoms with Crippen molar-refractivity contribution < 1.29 is 5.11 Å². The molecule has 1 aliphatic rings. The van der Waals surface area contributed by atoms with Gasteiger partial charge in [-0.1, -0.05) is 12.1 Å². The van der Waals surface area contributed by atoms with Crippen LogP contribution in [-0.2, 0) is 13.1 Å². The highest BCUT2D eigenvalue weighted by Crippen LogP contribution is 2.29. The van der Waals surface area contributed by atoms with Gasteiger partial charge in [0.15, 0.2) is 0 Å². The van der Waals surface area contributed by atoms with E-state index in [-0.39, 0.29) is 6.61 Å². The van der Waals surface area contributed by atoms with Crippen LogP contribution in [0.1, 0.15) is 31.9 Å². The van der Waals surface area contributed by atoms with Crippen LogP contribution in [0.2, 0.25) is 0 Å². The highest BCUT2D eigenvalue weighted by Gasteiger charge is 2.28. The van der Waals surface area contributed by atoms with Crippen LogP contribution in [0, 0.1) is 5.41 Å². The van der Waals surface area contributed by atoms with Gasteiger partial charge in [-0.2, -0.15) is 0 Å². The number of hydrogen-bond acceptors (Lipinski definition) is 5. The normalized spacial score (nSPS) is 19.4. The maximum absolute atomic E-state index is 8.79. The number of nitrogens with zero attached hydrogens (tertiary/aromatic N) is 4. The molecular formula is C14H27N5O. The summed E-state index contributed by atoms with van der Waals surface area (Å²) in [7, 11) is 2.19. The van der Waals surface area contributed by atoms with E-state index in [4.69, 9.17) is 5.11 Å². The van der Waals surface area contributed by atoms with Crippen LogP contribution in [0.25, 0.3) is 0 Å². The van der Waals surface area contributed by atoms with Crippen molar-refractivity contribution in [3.63, 3.8) is 0 Å². The molecule has 0 radical (unpaired) electrons. The second-order valence-electron chi connectivity index (χ2n) is 6.27. The lowest BCUT2D eigenvalue weighted by Crippen LogP contribution is -2.41. The molecule has 6 heteroatoms. The number of aliphatic hydroxyl groups excluding tert-OH is 1. The van der Waals surface area contributed by atoms with Crippen molar-refractivity contribution >= 4 is 0 Å². The topological polar surface area (TPSA) is 66.2 Å². The summed E-state index contributed by atoms with van der Waals surface area (Å²) in [6.07, 6.45) is 5.18. The Kier molecular flexibility index (Phi) is 5.51. The average Bonchev–Trinajstić information content (AvgIpc) is 2.88. The van der Waals surface area contributed by atoms with E-state index in [1.54, 1.807) is 4.68 Å². The van der Waals surface area contributed by atoms with Gasteiger partial charge < -0.3 is 15.3 Å². The molecule has 0 unspecified atom stereocenters. The van der Waals surface area contributed by atoms with Gasteiger partial charge >= 0.3 is 0 Å². The highest BCUT2D eigenvalue weighted by atomic mass is 16.3. The molecule has 1 saturated heterocycles. The molecule has 1 fully saturated rings. The number of likely N-dealkylation sites (tertiary alicyclic amines) is 1. The predicted octanol–water partition coefficient (Wildman–Crippen LogP) is 0.482. The summed E-state index contributed by atoms with van der Waals surface area (Å²) < 4.78 is 1.80. The van der Waals surface area contributed by atoms with Crippen LogP contribution < -0.4 is 5.32 Å². The van der Waals surface area contributed by atoms with Gasteiger partial charge in [-0.15, -0.1) is 5.10 Å². The standard InChI is InChI=1S/C14H27N5O/c1-14(4-7-18(2)8-5-14)12-15-10-13-11-19(17-16-13)6-3-9-20/h11,15,20H,3-10,12H2,1-2H3. The van der Waals surface area contributed by atoms with Crippen LogP contribution in [0.5, 0.6) is 0 Å². The van der Waals surface area contributed by atoms with Gasteiger partial charge in [0, 0.05) is 32.4 Å². The fourth-order valence-electron chi connectivity index (χ4n) is 2.59. The summed E-state index contributed by atoms with van der Waals surface area (Å²) in [5.41, 5.74) is 1.37. The van der Waals surface area contributed by atoms with Crippen molar-refractivity contribution in [1.29, 1.82) is 0 Å². The number of aliphatic hydroxyl groups is 1. The number of nitrogens with one attached hydrogen (secondary N) is 1. The van der Waals surface area contributed by atoms with Gasteiger partial charge in [-0.25, -0.2) is 0 Å². The molecule has 2 N–H and O–H groups in total. The maximum atomic E-state index is 8.79. The summed E-state index contributed by atoms with van der Waals surface area (Å²) >= 11 is 0. The zero-order chi connectivity index (χ0) is 14.4. The van der Waals surface area contributed by atoms with E-state index in [1.165, 1.54) is 25.9 Å². The molecule has 0 bridgehead atoms. The van der Waals surface area contributed by atoms with Crippen LogP contribution >= 0.6 is 0 Å². The third kappa shape index (κ3) is 4.54. The summed E-state index contributed by atoms with van der Waals surface area (Å²) in [5.74, 6) is 0. The van der Waals surface area contributed by atoms with Gasteiger partial charge in [0.2, 0.25) is 0 Å². The molecule has 2 rings (SSSR count). The van der Waals surface area contributed by atoms with Crippen molar-refractivity contribution in [3.05, 3.63) is 11.9 Å². The molecule has 0 aliphatic carbocycles. The van der Waals surface area contributed by atoms with E-state index >= 15 is 0 Å². The van der Waals surface area contributed by atoms with Gasteiger partial charge in [0.1, 0.15) is 0 Å². The van der Waals surface area contributed by atoms with Crippen molar-refractivity contribution in [1.82, 2.24) is 25.2 Å². The molecule has 1 aromatic rings. The largest absolute Gasteiger partial charge is 0.396 e. The summed E-state index contributed by atoms with van der Waals surface area (Å²) in [6.45, 7) is 7.47. The second kappa shape index (κ2) is 7.15. The Labute approximate surface area is 121 Å². The van der Waals surface area contributed by atoms with E-state index in [2.05, 4.69) is 34.5 Å². The SMILES string of the molecule is CN1CCC(C)(CNCc2cn(CCCO)nn2)CC1. The fraction of sp³-hybridized carbons (Fsp3) is 0.857. The molecule has 6 nitrogen and oxygen atoms in total. The van der Waals surface area contributed by atoms with E-state index in [1.807, 2.05) is 6.20 Å². The minimum Gasteiger partial charge on any atom is -0.396 e. The molecule has 114 valence electrons. The zero-order valence-corrected chi connectivity index (χ0v) is 12.7. The number of hydrogen-bond donors (Lipinski definition) is 2. The maximum Gasteiger partial charge on any atom is 0.0964 e. The van der Waals surface area contributed by atoms with E-state index in [0.29, 0.717) is 5.41 Å². The first kappa shape index (κ1) is 15.4. The lowest BCUT2D eigenvalue weighted by atomic mass is 9.80. The zero-order valence-electron chi connectivity index (χ0n) is 12.7. The number of piperidine rings is 1. The Balaban J connectivity index is 1.71. The van der Waals surface area contributed by atoms with Crippen molar-refractivity contribution in [2.24, 2.45) is 5.41 Å². The summed E-state index contributed by atoms with van der Waals surface area (Å²) in [5, 5.41) is 20.5. The molecule has 1 aromatic heterocycles. The van der Waals surface area contributed by atoms with Crippen molar-refractivity contribution in [2.45, 2.75) is 39.3 Å². The smallest absolute Gasteiger partial charge is 0.0964 e. The molecule has 20 heavy (non-hydrogen) atoms. The molecule has 2 heterocycles.